The van der Waals surface area contributed by atoms with Crippen LogP contribution in [-0.4, -0.2) is 66.5 Å². The van der Waals surface area contributed by atoms with Crippen LogP contribution in [0.25, 0.3) is 0 Å². The number of nitrogens with two attached hydrogens (primary N) is 1. The van der Waals surface area contributed by atoms with E-state index in [1.165, 1.54) is 70.6 Å². The molecule has 6 heteroatoms. The van der Waals surface area contributed by atoms with Crippen LogP contribution in [0.1, 0.15) is 103 Å². The Morgan fingerprint density at radius 3 is 2.42 bits per heavy atom. The van der Waals surface area contributed by atoms with Crippen molar-refractivity contribution in [2.24, 2.45) is 47.2 Å². The smallest absolute Gasteiger partial charge is 0.323 e. The lowest BCUT2D eigenvalue weighted by molar-refractivity contribution is -0.153. The topological polar surface area (TPSA) is 82.6 Å². The van der Waals surface area contributed by atoms with E-state index in [9.17, 15) is 4.79 Å². The van der Waals surface area contributed by atoms with Crippen molar-refractivity contribution in [2.75, 3.05) is 26.7 Å². The largest absolute Gasteiger partial charge is 0.464 e. The maximum absolute atomic E-state index is 13.9. The number of esters is 1. The highest BCUT2D eigenvalue weighted by molar-refractivity contribution is 5.80. The van der Waals surface area contributed by atoms with Crippen LogP contribution in [0.2, 0.25) is 0 Å². The molecule has 6 fully saturated rings. The van der Waals surface area contributed by atoms with Crippen molar-refractivity contribution >= 4 is 11.8 Å². The molecule has 2 heterocycles. The average molecular weight is 527 g/mol. The highest BCUT2D eigenvalue weighted by Gasteiger charge is 2.50. The van der Waals surface area contributed by atoms with Gasteiger partial charge in [0.2, 0.25) is 0 Å². The highest BCUT2D eigenvalue weighted by atomic mass is 16.5. The number of fused-ring (bicyclic) bond motifs is 3. The molecule has 214 valence electrons. The first-order chi connectivity index (χ1) is 18.5. The lowest BCUT2D eigenvalue weighted by Gasteiger charge is -2.46. The minimum absolute atomic E-state index is 0.0565. The molecule has 0 bridgehead atoms. The van der Waals surface area contributed by atoms with Crippen molar-refractivity contribution < 1.29 is 9.53 Å². The van der Waals surface area contributed by atoms with Gasteiger partial charge < -0.3 is 15.4 Å². The molecule has 0 aromatic heterocycles. The average Bonchev–Trinajstić information content (AvgIpc) is 3.30. The van der Waals surface area contributed by atoms with Crippen LogP contribution < -0.4 is 5.73 Å². The summed E-state index contributed by atoms with van der Waals surface area (Å²) in [6, 6.07) is 0.989. The Bertz CT molecular complexity index is 847. The zero-order valence-corrected chi connectivity index (χ0v) is 24.0. The maximum atomic E-state index is 13.9. The summed E-state index contributed by atoms with van der Waals surface area (Å²) in [6.07, 6.45) is 20.2. The molecule has 38 heavy (non-hydrogen) atoms. The van der Waals surface area contributed by atoms with Gasteiger partial charge in [-0.15, -0.1) is 0 Å². The number of likely N-dealkylation sites (tertiary alicyclic amines) is 2. The summed E-state index contributed by atoms with van der Waals surface area (Å²) in [6.45, 7) is 2.82. The molecule has 6 nitrogen and oxygen atoms in total. The lowest BCUT2D eigenvalue weighted by atomic mass is 9.65. The first-order valence-electron chi connectivity index (χ1n) is 16.5. The van der Waals surface area contributed by atoms with Crippen LogP contribution in [0.5, 0.6) is 0 Å². The zero-order chi connectivity index (χ0) is 26.2. The number of piperidine rings is 1. The minimum Gasteiger partial charge on any atom is -0.464 e. The number of nitrogens with one attached hydrogen (secondary N) is 1. The highest BCUT2D eigenvalue weighted by Crippen LogP contribution is 2.48. The third kappa shape index (κ3) is 5.42. The fourth-order valence-electron chi connectivity index (χ4n) is 10.4. The predicted octanol–water partition coefficient (Wildman–Crippen LogP) is 5.44. The molecule has 0 spiro atoms. The van der Waals surface area contributed by atoms with Gasteiger partial charge in [-0.25, -0.2) is 0 Å². The van der Waals surface area contributed by atoms with Crippen molar-refractivity contribution in [1.82, 2.24) is 9.80 Å². The summed E-state index contributed by atoms with van der Waals surface area (Å²) in [5.74, 6) is 4.85. The normalized spacial score (nSPS) is 44.0. The maximum Gasteiger partial charge on any atom is 0.323 e. The summed E-state index contributed by atoms with van der Waals surface area (Å²) in [5.41, 5.74) is 6.02. The van der Waals surface area contributed by atoms with Gasteiger partial charge in [0.15, 0.2) is 0 Å². The molecule has 6 rings (SSSR count). The number of hydrogen-bond acceptors (Lipinski definition) is 5. The van der Waals surface area contributed by atoms with E-state index in [-0.39, 0.29) is 17.9 Å². The molecule has 4 aliphatic carbocycles. The van der Waals surface area contributed by atoms with Gasteiger partial charge in [-0.05, 0) is 107 Å². The fourth-order valence-corrected chi connectivity index (χ4v) is 10.4. The van der Waals surface area contributed by atoms with Gasteiger partial charge in [0.1, 0.15) is 6.04 Å². The zero-order valence-electron chi connectivity index (χ0n) is 24.0. The summed E-state index contributed by atoms with van der Waals surface area (Å²) in [4.78, 5) is 19.0. The van der Waals surface area contributed by atoms with Gasteiger partial charge in [0.25, 0.3) is 0 Å². The van der Waals surface area contributed by atoms with E-state index in [4.69, 9.17) is 15.9 Å². The van der Waals surface area contributed by atoms with E-state index in [0.29, 0.717) is 42.3 Å². The third-order valence-corrected chi connectivity index (χ3v) is 12.4. The van der Waals surface area contributed by atoms with E-state index in [1.807, 2.05) is 0 Å². The standard InChI is InChI=1S/C32H54N4O2/c1-35-16-15-25(27-11-4-5-12-28(27)35)20-38-32(37)30-17-22-13-14-23(31(33)34)18-29(22)36(30)19-24-9-6-8-21-7-2-3-10-26(21)24/h21-30H,2-20H2,1H3,(H3,33,34)/t21?,22?,23?,24?,25-,26?,27?,28?,29?,30?/m1/s1. The van der Waals surface area contributed by atoms with Crippen LogP contribution in [-0.2, 0) is 9.53 Å². The number of hydrogen-bond donors (Lipinski definition) is 2. The number of carbonyl (C=O) groups excluding carboxylic acids is 1. The van der Waals surface area contributed by atoms with Crippen molar-refractivity contribution in [3.8, 4) is 0 Å². The Hall–Kier alpha value is -1.14. The molecule has 9 unspecified atom stereocenters. The molecule has 6 aliphatic rings. The van der Waals surface area contributed by atoms with Crippen molar-refractivity contribution in [1.29, 1.82) is 5.41 Å². The number of ether oxygens (including phenoxy) is 1. The second kappa shape index (κ2) is 11.8. The monoisotopic (exact) mass is 526 g/mol. The SMILES string of the molecule is CN1CC[C@H](COC(=O)C2CC3CCC(C(=N)N)CC3N2CC2CCCC3CCCCC32)C2CCCCC21. The molecule has 0 radical (unpaired) electrons. The Balaban J connectivity index is 1.15. The fraction of sp³-hybridized carbons (Fsp3) is 0.938. The van der Waals surface area contributed by atoms with Gasteiger partial charge in [-0.1, -0.05) is 44.9 Å². The Kier molecular flexibility index (Phi) is 8.38. The molecule has 2 aliphatic heterocycles. The Morgan fingerprint density at radius 1 is 0.816 bits per heavy atom. The molecule has 3 N–H and O–H groups in total. The quantitative estimate of drug-likeness (QED) is 0.274. The van der Waals surface area contributed by atoms with Crippen molar-refractivity contribution in [2.45, 2.75) is 121 Å². The number of rotatable bonds is 6. The van der Waals surface area contributed by atoms with Crippen LogP contribution in [0, 0.1) is 46.8 Å². The predicted molar refractivity (Wildman–Crippen MR) is 152 cm³/mol. The third-order valence-electron chi connectivity index (χ3n) is 12.4. The molecular formula is C32H54N4O2. The van der Waals surface area contributed by atoms with E-state index in [0.717, 1.165) is 62.9 Å². The summed E-state index contributed by atoms with van der Waals surface area (Å²) in [7, 11) is 2.29. The summed E-state index contributed by atoms with van der Waals surface area (Å²) >= 11 is 0. The lowest BCUT2D eigenvalue weighted by Crippen LogP contribution is -2.51. The van der Waals surface area contributed by atoms with Crippen molar-refractivity contribution in [3.63, 3.8) is 0 Å². The van der Waals surface area contributed by atoms with E-state index in [2.05, 4.69) is 16.8 Å². The molecule has 0 aromatic carbocycles. The first kappa shape index (κ1) is 27.1. The molecular weight excluding hydrogens is 472 g/mol. The van der Waals surface area contributed by atoms with E-state index < -0.39 is 0 Å². The van der Waals surface area contributed by atoms with E-state index in [1.54, 1.807) is 0 Å². The Morgan fingerprint density at radius 2 is 1.58 bits per heavy atom. The summed E-state index contributed by atoms with van der Waals surface area (Å²) < 4.78 is 6.29. The first-order valence-corrected chi connectivity index (χ1v) is 16.5. The Labute approximate surface area is 231 Å². The minimum atomic E-state index is -0.0897. The number of amidine groups is 1. The van der Waals surface area contributed by atoms with Gasteiger partial charge in [-0.2, -0.15) is 0 Å². The number of carbonyl (C=O) groups is 1. The second-order valence-electron chi connectivity index (χ2n) is 14.3. The van der Waals surface area contributed by atoms with Crippen molar-refractivity contribution in [3.05, 3.63) is 0 Å². The molecule has 0 amide bonds. The number of nitrogens with zero attached hydrogens (tertiary/aromatic N) is 2. The summed E-state index contributed by atoms with van der Waals surface area (Å²) in [5, 5.41) is 8.15. The van der Waals surface area contributed by atoms with Crippen LogP contribution in [0.15, 0.2) is 0 Å². The van der Waals surface area contributed by atoms with Gasteiger partial charge >= 0.3 is 5.97 Å². The molecule has 10 atom stereocenters. The van der Waals surface area contributed by atoms with E-state index >= 15 is 0 Å². The van der Waals surface area contributed by atoms with Gasteiger partial charge in [0, 0.05) is 24.5 Å². The second-order valence-corrected chi connectivity index (χ2v) is 14.3. The molecule has 0 aromatic rings. The van der Waals surface area contributed by atoms with Gasteiger partial charge in [0.05, 0.1) is 12.4 Å². The van der Waals surface area contributed by atoms with Crippen LogP contribution >= 0.6 is 0 Å². The van der Waals surface area contributed by atoms with Crippen LogP contribution in [0.4, 0.5) is 0 Å². The molecule has 2 saturated heterocycles. The molecule has 4 saturated carbocycles. The van der Waals surface area contributed by atoms with Crippen LogP contribution in [0.3, 0.4) is 0 Å². The van der Waals surface area contributed by atoms with Gasteiger partial charge in [-0.3, -0.25) is 15.1 Å².